The molecule has 1 aliphatic carbocycles. The van der Waals surface area contributed by atoms with Crippen LogP contribution in [-0.4, -0.2) is 34.0 Å². The van der Waals surface area contributed by atoms with Crippen molar-refractivity contribution in [1.29, 1.82) is 10.5 Å². The van der Waals surface area contributed by atoms with Gasteiger partial charge in [0.25, 0.3) is 0 Å². The number of pyridine rings is 1. The van der Waals surface area contributed by atoms with Crippen LogP contribution in [0.5, 0.6) is 0 Å². The highest BCUT2D eigenvalue weighted by Gasteiger charge is 2.55. The summed E-state index contributed by atoms with van der Waals surface area (Å²) in [6.07, 6.45) is 5.12. The number of rotatable bonds is 4. The van der Waals surface area contributed by atoms with E-state index in [1.807, 2.05) is 42.5 Å². The zero-order chi connectivity index (χ0) is 22.0. The van der Waals surface area contributed by atoms with Crippen LogP contribution >= 0.6 is 0 Å². The van der Waals surface area contributed by atoms with Crippen molar-refractivity contribution in [1.82, 2.24) is 9.88 Å². The van der Waals surface area contributed by atoms with E-state index >= 15 is 0 Å². The second-order valence-electron chi connectivity index (χ2n) is 7.84. The van der Waals surface area contributed by atoms with Crippen LogP contribution in [0.25, 0.3) is 0 Å². The molecule has 7 heteroatoms. The first-order valence-electron chi connectivity index (χ1n) is 9.94. The molecule has 3 N–H and O–H groups in total. The molecular formula is C24H21N5O2. The molecule has 0 unspecified atom stereocenters. The van der Waals surface area contributed by atoms with Gasteiger partial charge in [-0.25, -0.2) is 4.79 Å². The van der Waals surface area contributed by atoms with Crippen LogP contribution in [0, 0.1) is 34.0 Å². The van der Waals surface area contributed by atoms with Gasteiger partial charge in [-0.1, -0.05) is 42.5 Å². The third kappa shape index (κ3) is 3.35. The van der Waals surface area contributed by atoms with E-state index in [1.165, 1.54) is 0 Å². The first-order valence-corrected chi connectivity index (χ1v) is 9.94. The molecule has 0 amide bonds. The standard InChI is InChI=1S/C24H21N5O2/c25-14-24(15-26)21(17-7-4-9-28-11-17)19-13-29(12-16-5-2-1-3-6-16)10-8-18(19)20(22(24)27)23(30)31/h1-9,11,19,21H,10,12-13,27H2,(H,30,31)/t19-,21-/m1/s1. The number of allylic oxidation sites excluding steroid dienone is 1. The Kier molecular flexibility index (Phi) is 5.29. The normalized spacial score (nSPS) is 22.6. The maximum Gasteiger partial charge on any atom is 0.337 e. The predicted octanol–water partition coefficient (Wildman–Crippen LogP) is 2.57. The largest absolute Gasteiger partial charge is 0.478 e. The Hall–Kier alpha value is -3.94. The molecule has 0 radical (unpaired) electrons. The summed E-state index contributed by atoms with van der Waals surface area (Å²) in [7, 11) is 0. The minimum atomic E-state index is -1.80. The fourth-order valence-corrected chi connectivity index (χ4v) is 4.76. The van der Waals surface area contributed by atoms with E-state index in [0.29, 0.717) is 30.8 Å². The summed E-state index contributed by atoms with van der Waals surface area (Å²) in [6, 6.07) is 17.7. The molecule has 0 saturated heterocycles. The summed E-state index contributed by atoms with van der Waals surface area (Å²) >= 11 is 0. The van der Waals surface area contributed by atoms with E-state index < -0.39 is 17.3 Å². The lowest BCUT2D eigenvalue weighted by Gasteiger charge is -2.46. The van der Waals surface area contributed by atoms with E-state index in [2.05, 4.69) is 22.0 Å². The average molecular weight is 411 g/mol. The van der Waals surface area contributed by atoms with E-state index in [-0.39, 0.29) is 17.2 Å². The minimum absolute atomic E-state index is 0.118. The van der Waals surface area contributed by atoms with Crippen LogP contribution in [0.2, 0.25) is 0 Å². The van der Waals surface area contributed by atoms with Crippen molar-refractivity contribution in [2.24, 2.45) is 17.1 Å². The number of hydrogen-bond donors (Lipinski definition) is 2. The van der Waals surface area contributed by atoms with Crippen molar-refractivity contribution in [3.8, 4) is 12.1 Å². The molecule has 2 atom stereocenters. The Morgan fingerprint density at radius 1 is 1.23 bits per heavy atom. The Bertz CT molecular complexity index is 1130. The second-order valence-corrected chi connectivity index (χ2v) is 7.84. The fraction of sp³-hybridized carbons (Fsp3) is 0.250. The molecule has 1 aliphatic heterocycles. The number of benzene rings is 1. The SMILES string of the molecule is N#CC1(C#N)C(N)=C(C(=O)O)C2=CCN(Cc3ccccc3)C[C@H]2[C@H]1c1cccnc1. The van der Waals surface area contributed by atoms with E-state index in [9.17, 15) is 20.4 Å². The van der Waals surface area contributed by atoms with Crippen LogP contribution in [0.1, 0.15) is 17.0 Å². The molecule has 1 aromatic heterocycles. The Labute approximate surface area is 180 Å². The molecule has 154 valence electrons. The van der Waals surface area contributed by atoms with Crippen LogP contribution in [0.4, 0.5) is 0 Å². The van der Waals surface area contributed by atoms with Crippen LogP contribution in [0.15, 0.2) is 77.8 Å². The molecule has 2 heterocycles. The molecule has 0 fully saturated rings. The van der Waals surface area contributed by atoms with Crippen molar-refractivity contribution in [3.05, 3.63) is 88.9 Å². The molecule has 4 rings (SSSR count). The van der Waals surface area contributed by atoms with Gasteiger partial charge in [-0.15, -0.1) is 0 Å². The van der Waals surface area contributed by atoms with E-state index in [1.54, 1.807) is 18.5 Å². The molecule has 0 bridgehead atoms. The molecule has 1 aromatic carbocycles. The number of hydrogen-bond acceptors (Lipinski definition) is 6. The topological polar surface area (TPSA) is 127 Å². The van der Waals surface area contributed by atoms with Gasteiger partial charge in [-0.05, 0) is 22.8 Å². The third-order valence-electron chi connectivity index (χ3n) is 6.13. The number of carbonyl (C=O) groups is 1. The molecule has 0 saturated carbocycles. The Balaban J connectivity index is 1.86. The molecule has 2 aliphatic rings. The Morgan fingerprint density at radius 2 is 1.97 bits per heavy atom. The zero-order valence-corrected chi connectivity index (χ0v) is 16.8. The van der Waals surface area contributed by atoms with Crippen LogP contribution in [-0.2, 0) is 11.3 Å². The highest BCUT2D eigenvalue weighted by molar-refractivity contribution is 5.94. The van der Waals surface area contributed by atoms with Crippen molar-refractivity contribution < 1.29 is 9.90 Å². The van der Waals surface area contributed by atoms with Gasteiger partial charge in [0.2, 0.25) is 0 Å². The summed E-state index contributed by atoms with van der Waals surface area (Å²) < 4.78 is 0. The first-order chi connectivity index (χ1) is 15.0. The highest BCUT2D eigenvalue weighted by atomic mass is 16.4. The molecule has 0 spiro atoms. The van der Waals surface area contributed by atoms with Gasteiger partial charge >= 0.3 is 5.97 Å². The molecule has 31 heavy (non-hydrogen) atoms. The fourth-order valence-electron chi connectivity index (χ4n) is 4.76. The molecular weight excluding hydrogens is 390 g/mol. The molecule has 2 aromatic rings. The van der Waals surface area contributed by atoms with Gasteiger partial charge in [0.1, 0.15) is 0 Å². The number of carboxylic acids is 1. The van der Waals surface area contributed by atoms with Crippen molar-refractivity contribution in [2.45, 2.75) is 12.5 Å². The lowest BCUT2D eigenvalue weighted by Crippen LogP contribution is -2.48. The summed E-state index contributed by atoms with van der Waals surface area (Å²) in [5.41, 5.74) is 6.55. The highest BCUT2D eigenvalue weighted by Crippen LogP contribution is 2.54. The number of nitrogens with two attached hydrogens (primary N) is 1. The first kappa shape index (κ1) is 20.3. The smallest absolute Gasteiger partial charge is 0.337 e. The number of nitriles is 2. The maximum absolute atomic E-state index is 12.1. The number of aromatic nitrogens is 1. The van der Waals surface area contributed by atoms with E-state index in [0.717, 1.165) is 5.56 Å². The van der Waals surface area contributed by atoms with Gasteiger partial charge in [-0.2, -0.15) is 10.5 Å². The third-order valence-corrected chi connectivity index (χ3v) is 6.13. The predicted molar refractivity (Wildman–Crippen MR) is 113 cm³/mol. The maximum atomic E-state index is 12.1. The second kappa shape index (κ2) is 8.06. The average Bonchev–Trinajstić information content (AvgIpc) is 2.79. The van der Waals surface area contributed by atoms with Crippen molar-refractivity contribution >= 4 is 5.97 Å². The summed E-state index contributed by atoms with van der Waals surface area (Å²) in [5.74, 6) is -2.24. The lowest BCUT2D eigenvalue weighted by molar-refractivity contribution is -0.132. The summed E-state index contributed by atoms with van der Waals surface area (Å²) in [5, 5.41) is 30.1. The quantitative estimate of drug-likeness (QED) is 0.791. The lowest BCUT2D eigenvalue weighted by atomic mass is 9.58. The van der Waals surface area contributed by atoms with Crippen LogP contribution < -0.4 is 5.73 Å². The van der Waals surface area contributed by atoms with Gasteiger partial charge in [0, 0.05) is 43.9 Å². The zero-order valence-electron chi connectivity index (χ0n) is 16.8. The van der Waals surface area contributed by atoms with Gasteiger partial charge < -0.3 is 10.8 Å². The number of nitrogens with zero attached hydrogens (tertiary/aromatic N) is 4. The van der Waals surface area contributed by atoms with Crippen molar-refractivity contribution in [2.75, 3.05) is 13.1 Å². The number of aliphatic carboxylic acids is 1. The monoisotopic (exact) mass is 411 g/mol. The van der Waals surface area contributed by atoms with Gasteiger partial charge in [0.05, 0.1) is 23.4 Å². The number of fused-ring (bicyclic) bond motifs is 1. The summed E-state index contributed by atoms with van der Waals surface area (Å²) in [6.45, 7) is 1.72. The number of carboxylic acid groups (broad SMARTS) is 1. The van der Waals surface area contributed by atoms with E-state index in [4.69, 9.17) is 5.73 Å². The molecule has 7 nitrogen and oxygen atoms in total. The van der Waals surface area contributed by atoms with Crippen LogP contribution in [0.3, 0.4) is 0 Å². The van der Waals surface area contributed by atoms with Gasteiger partial charge in [0.15, 0.2) is 5.41 Å². The minimum Gasteiger partial charge on any atom is -0.478 e. The summed E-state index contributed by atoms with van der Waals surface area (Å²) in [4.78, 5) is 18.5. The Morgan fingerprint density at radius 3 is 2.58 bits per heavy atom. The van der Waals surface area contributed by atoms with Gasteiger partial charge in [-0.3, -0.25) is 9.88 Å². The van der Waals surface area contributed by atoms with Crippen molar-refractivity contribution in [3.63, 3.8) is 0 Å².